The van der Waals surface area contributed by atoms with Crippen molar-refractivity contribution >= 4 is 23.1 Å². The molecule has 0 spiro atoms. The lowest BCUT2D eigenvalue weighted by Crippen LogP contribution is -2.07. The van der Waals surface area contributed by atoms with Gasteiger partial charge in [-0.3, -0.25) is 0 Å². The van der Waals surface area contributed by atoms with Crippen LogP contribution in [0.2, 0.25) is 0 Å². The second kappa shape index (κ2) is 5.67. The zero-order chi connectivity index (χ0) is 12.3. The van der Waals surface area contributed by atoms with Gasteiger partial charge in [0.15, 0.2) is 0 Å². The first-order chi connectivity index (χ1) is 8.19. The molecule has 0 amide bonds. The Morgan fingerprint density at radius 1 is 1.24 bits per heavy atom. The van der Waals surface area contributed by atoms with Gasteiger partial charge in [0.25, 0.3) is 0 Å². The van der Waals surface area contributed by atoms with Crippen molar-refractivity contribution in [3.05, 3.63) is 52.0 Å². The largest absolute Gasteiger partial charge is 0.329 e. The summed E-state index contributed by atoms with van der Waals surface area (Å²) in [5.41, 5.74) is 5.80. The molecule has 17 heavy (non-hydrogen) atoms. The summed E-state index contributed by atoms with van der Waals surface area (Å²) in [6.07, 6.45) is 0. The molecule has 2 aromatic rings. The van der Waals surface area contributed by atoms with Crippen LogP contribution in [0.1, 0.15) is 15.0 Å². The van der Waals surface area contributed by atoms with Crippen molar-refractivity contribution in [2.24, 2.45) is 5.73 Å². The fourth-order valence-corrected chi connectivity index (χ4v) is 3.60. The third-order valence-electron chi connectivity index (χ3n) is 2.38. The Balaban J connectivity index is 2.12. The molecule has 2 N–H and O–H groups in total. The number of rotatable bonds is 4. The summed E-state index contributed by atoms with van der Waals surface area (Å²) in [7, 11) is 0. The maximum absolute atomic E-state index is 12.8. The summed E-state index contributed by atoms with van der Waals surface area (Å²) in [6.45, 7) is 2.67. The molecule has 0 aliphatic carbocycles. The Hall–Kier alpha value is -0.840. The van der Waals surface area contributed by atoms with Crippen molar-refractivity contribution in [2.45, 2.75) is 17.1 Å². The van der Waals surface area contributed by atoms with Crippen molar-refractivity contribution in [3.8, 4) is 0 Å². The zero-order valence-electron chi connectivity index (χ0n) is 9.52. The minimum Gasteiger partial charge on any atom is -0.329 e. The fraction of sp³-hybridized carbons (Fsp3) is 0.231. The predicted octanol–water partition coefficient (Wildman–Crippen LogP) is 3.99. The molecule has 0 fully saturated rings. The van der Waals surface area contributed by atoms with Crippen molar-refractivity contribution in [2.75, 3.05) is 6.54 Å². The van der Waals surface area contributed by atoms with Crippen molar-refractivity contribution < 1.29 is 4.39 Å². The first-order valence-electron chi connectivity index (χ1n) is 5.37. The molecule has 0 saturated heterocycles. The van der Waals surface area contributed by atoms with E-state index in [0.717, 1.165) is 4.90 Å². The Morgan fingerprint density at radius 2 is 1.94 bits per heavy atom. The normalized spacial score (nSPS) is 12.6. The molecule has 0 radical (unpaired) electrons. The molecule has 1 heterocycles. The van der Waals surface area contributed by atoms with E-state index < -0.39 is 0 Å². The SMILES string of the molecule is Cc1ccc(C(CN)Sc2ccc(F)cc2)s1. The number of halogens is 1. The Morgan fingerprint density at radius 3 is 2.47 bits per heavy atom. The molecular weight excluding hydrogens is 253 g/mol. The van der Waals surface area contributed by atoms with Crippen LogP contribution in [0.4, 0.5) is 4.39 Å². The summed E-state index contributed by atoms with van der Waals surface area (Å²) in [6, 6.07) is 10.8. The number of thioether (sulfide) groups is 1. The number of hydrogen-bond acceptors (Lipinski definition) is 3. The lowest BCUT2D eigenvalue weighted by molar-refractivity contribution is 0.626. The molecule has 1 aromatic carbocycles. The van der Waals surface area contributed by atoms with E-state index in [4.69, 9.17) is 5.73 Å². The molecule has 1 aromatic heterocycles. The van der Waals surface area contributed by atoms with E-state index in [0.29, 0.717) is 6.54 Å². The average molecular weight is 267 g/mol. The lowest BCUT2D eigenvalue weighted by Gasteiger charge is -2.12. The first kappa shape index (κ1) is 12.6. The number of thiophene rings is 1. The highest BCUT2D eigenvalue weighted by molar-refractivity contribution is 7.99. The van der Waals surface area contributed by atoms with Crippen LogP contribution in [-0.2, 0) is 0 Å². The molecule has 90 valence electrons. The van der Waals surface area contributed by atoms with Crippen LogP contribution in [-0.4, -0.2) is 6.54 Å². The molecule has 0 bridgehead atoms. The molecular formula is C13H14FNS2. The van der Waals surface area contributed by atoms with E-state index in [1.54, 1.807) is 35.2 Å². The molecule has 1 unspecified atom stereocenters. The molecule has 0 aliphatic rings. The van der Waals surface area contributed by atoms with Crippen molar-refractivity contribution in [1.82, 2.24) is 0 Å². The number of benzene rings is 1. The number of aryl methyl sites for hydroxylation is 1. The maximum atomic E-state index is 12.8. The Kier molecular flexibility index (Phi) is 4.20. The van der Waals surface area contributed by atoms with Gasteiger partial charge in [-0.25, -0.2) is 4.39 Å². The molecule has 2 rings (SSSR count). The van der Waals surface area contributed by atoms with Crippen molar-refractivity contribution in [1.29, 1.82) is 0 Å². The van der Waals surface area contributed by atoms with Crippen LogP contribution in [0.15, 0.2) is 41.3 Å². The summed E-state index contributed by atoms with van der Waals surface area (Å²) >= 11 is 3.45. The summed E-state index contributed by atoms with van der Waals surface area (Å²) in [5, 5.41) is 0.249. The molecule has 0 aliphatic heterocycles. The van der Waals surface area contributed by atoms with Gasteiger partial charge in [-0.05, 0) is 43.3 Å². The third kappa shape index (κ3) is 3.31. The van der Waals surface area contributed by atoms with Gasteiger partial charge in [-0.2, -0.15) is 0 Å². The van der Waals surface area contributed by atoms with Gasteiger partial charge >= 0.3 is 0 Å². The fourth-order valence-electron chi connectivity index (χ4n) is 1.53. The van der Waals surface area contributed by atoms with E-state index in [1.807, 2.05) is 0 Å². The van der Waals surface area contributed by atoms with E-state index in [2.05, 4.69) is 19.1 Å². The number of hydrogen-bond donors (Lipinski definition) is 1. The van der Waals surface area contributed by atoms with Crippen LogP contribution in [0.3, 0.4) is 0 Å². The van der Waals surface area contributed by atoms with E-state index >= 15 is 0 Å². The van der Waals surface area contributed by atoms with Gasteiger partial charge in [0, 0.05) is 21.2 Å². The van der Waals surface area contributed by atoms with Gasteiger partial charge in [0.2, 0.25) is 0 Å². The third-order valence-corrected chi connectivity index (χ3v) is 4.92. The monoisotopic (exact) mass is 267 g/mol. The van der Waals surface area contributed by atoms with E-state index in [9.17, 15) is 4.39 Å². The Labute approximate surface area is 109 Å². The zero-order valence-corrected chi connectivity index (χ0v) is 11.2. The number of nitrogens with two attached hydrogens (primary N) is 1. The lowest BCUT2D eigenvalue weighted by atomic mass is 10.3. The molecule has 4 heteroatoms. The topological polar surface area (TPSA) is 26.0 Å². The van der Waals surface area contributed by atoms with Gasteiger partial charge in [0.1, 0.15) is 5.82 Å². The van der Waals surface area contributed by atoms with E-state index in [-0.39, 0.29) is 11.1 Å². The highest BCUT2D eigenvalue weighted by Crippen LogP contribution is 2.37. The second-order valence-electron chi connectivity index (χ2n) is 3.74. The average Bonchev–Trinajstić information content (AvgIpc) is 2.75. The molecule has 1 atom stereocenters. The quantitative estimate of drug-likeness (QED) is 0.848. The van der Waals surface area contributed by atoms with Gasteiger partial charge in [0.05, 0.1) is 5.25 Å². The summed E-state index contributed by atoms with van der Waals surface area (Å²) in [5.74, 6) is -0.203. The minimum absolute atomic E-state index is 0.203. The van der Waals surface area contributed by atoms with Gasteiger partial charge in [-0.15, -0.1) is 23.1 Å². The second-order valence-corrected chi connectivity index (χ2v) is 6.34. The first-order valence-corrected chi connectivity index (χ1v) is 7.07. The summed E-state index contributed by atoms with van der Waals surface area (Å²) < 4.78 is 12.8. The standard InChI is InChI=1S/C13H14FNS2/c1-9-2-7-12(16-9)13(8-15)17-11-5-3-10(14)4-6-11/h2-7,13H,8,15H2,1H3. The Bertz CT molecular complexity index is 478. The van der Waals surface area contributed by atoms with Crippen LogP contribution >= 0.6 is 23.1 Å². The molecule has 1 nitrogen and oxygen atoms in total. The minimum atomic E-state index is -0.203. The van der Waals surface area contributed by atoms with Crippen LogP contribution in [0.5, 0.6) is 0 Å². The highest BCUT2D eigenvalue weighted by atomic mass is 32.2. The summed E-state index contributed by atoms with van der Waals surface area (Å²) in [4.78, 5) is 3.62. The van der Waals surface area contributed by atoms with Crippen molar-refractivity contribution in [3.63, 3.8) is 0 Å². The maximum Gasteiger partial charge on any atom is 0.123 e. The molecule has 0 saturated carbocycles. The van der Waals surface area contributed by atoms with Gasteiger partial charge in [-0.1, -0.05) is 0 Å². The van der Waals surface area contributed by atoms with E-state index in [1.165, 1.54) is 21.9 Å². The van der Waals surface area contributed by atoms with Crippen LogP contribution in [0, 0.1) is 12.7 Å². The predicted molar refractivity (Wildman–Crippen MR) is 73.1 cm³/mol. The smallest absolute Gasteiger partial charge is 0.123 e. The van der Waals surface area contributed by atoms with Crippen LogP contribution < -0.4 is 5.73 Å². The highest BCUT2D eigenvalue weighted by Gasteiger charge is 2.13. The van der Waals surface area contributed by atoms with Crippen LogP contribution in [0.25, 0.3) is 0 Å². The van der Waals surface area contributed by atoms with Gasteiger partial charge < -0.3 is 5.73 Å².